The van der Waals surface area contributed by atoms with Crippen molar-refractivity contribution in [1.29, 1.82) is 0 Å². The van der Waals surface area contributed by atoms with Gasteiger partial charge in [-0.25, -0.2) is 0 Å². The van der Waals surface area contributed by atoms with Gasteiger partial charge in [-0.05, 0) is 43.2 Å². The van der Waals surface area contributed by atoms with Crippen LogP contribution < -0.4 is 0 Å². The number of aromatic nitrogens is 1. The molecular weight excluding hydrogens is 230 g/mol. The summed E-state index contributed by atoms with van der Waals surface area (Å²) in [6.07, 6.45) is 4.00. The van der Waals surface area contributed by atoms with E-state index in [0.29, 0.717) is 0 Å². The highest BCUT2D eigenvalue weighted by Gasteiger charge is 1.97. The Bertz CT molecular complexity index is 559. The summed E-state index contributed by atoms with van der Waals surface area (Å²) in [4.78, 5) is 4.49. The molecule has 0 N–H and O–H groups in total. The molecule has 1 aromatic heterocycles. The van der Waals surface area contributed by atoms with Crippen molar-refractivity contribution in [2.75, 3.05) is 0 Å². The lowest BCUT2D eigenvalue weighted by Gasteiger charge is -2.01. The molecule has 0 amide bonds. The zero-order chi connectivity index (χ0) is 12.3. The van der Waals surface area contributed by atoms with E-state index >= 15 is 0 Å². The standard InChI is InChI=1S/C15H14ClN/c1-11-7-8-12(2)17-15(11)10-9-13-5-3-4-6-14(13)16/h3-10H,1-2H3. The Morgan fingerprint density at radius 2 is 1.76 bits per heavy atom. The first-order valence-electron chi connectivity index (χ1n) is 5.53. The third-order valence-corrected chi connectivity index (χ3v) is 2.95. The molecule has 1 aromatic carbocycles. The van der Waals surface area contributed by atoms with Crippen molar-refractivity contribution < 1.29 is 0 Å². The first kappa shape index (κ1) is 11.9. The van der Waals surface area contributed by atoms with Gasteiger partial charge in [0, 0.05) is 10.7 Å². The van der Waals surface area contributed by atoms with Crippen LogP contribution in [0.4, 0.5) is 0 Å². The Morgan fingerprint density at radius 1 is 1.00 bits per heavy atom. The van der Waals surface area contributed by atoms with Crippen LogP contribution >= 0.6 is 11.6 Å². The zero-order valence-electron chi connectivity index (χ0n) is 9.94. The third-order valence-electron chi connectivity index (χ3n) is 2.60. The zero-order valence-corrected chi connectivity index (χ0v) is 10.7. The topological polar surface area (TPSA) is 12.9 Å². The first-order valence-corrected chi connectivity index (χ1v) is 5.91. The maximum absolute atomic E-state index is 6.09. The van der Waals surface area contributed by atoms with Crippen LogP contribution in [0.5, 0.6) is 0 Å². The first-order chi connectivity index (χ1) is 8.16. The summed E-state index contributed by atoms with van der Waals surface area (Å²) >= 11 is 6.09. The average molecular weight is 244 g/mol. The van der Waals surface area contributed by atoms with E-state index in [1.165, 1.54) is 5.56 Å². The van der Waals surface area contributed by atoms with Gasteiger partial charge in [-0.15, -0.1) is 0 Å². The molecule has 0 radical (unpaired) electrons. The summed E-state index contributed by atoms with van der Waals surface area (Å²) in [5.41, 5.74) is 4.19. The quantitative estimate of drug-likeness (QED) is 0.756. The van der Waals surface area contributed by atoms with E-state index in [9.17, 15) is 0 Å². The lowest BCUT2D eigenvalue weighted by Crippen LogP contribution is -1.88. The second kappa shape index (κ2) is 5.15. The summed E-state index contributed by atoms with van der Waals surface area (Å²) < 4.78 is 0. The molecule has 0 aliphatic carbocycles. The van der Waals surface area contributed by atoms with Crippen LogP contribution in [0.25, 0.3) is 12.2 Å². The lowest BCUT2D eigenvalue weighted by atomic mass is 10.1. The molecule has 0 fully saturated rings. The molecule has 0 bridgehead atoms. The fourth-order valence-electron chi connectivity index (χ4n) is 1.59. The molecule has 0 spiro atoms. The van der Waals surface area contributed by atoms with Gasteiger partial charge >= 0.3 is 0 Å². The van der Waals surface area contributed by atoms with E-state index in [4.69, 9.17) is 11.6 Å². The van der Waals surface area contributed by atoms with Crippen molar-refractivity contribution in [2.24, 2.45) is 0 Å². The number of hydrogen-bond acceptors (Lipinski definition) is 1. The Balaban J connectivity index is 2.32. The molecule has 0 aliphatic heterocycles. The minimum atomic E-state index is 0.758. The van der Waals surface area contributed by atoms with Crippen LogP contribution in [-0.2, 0) is 0 Å². The summed E-state index contributed by atoms with van der Waals surface area (Å²) in [6, 6.07) is 11.9. The maximum atomic E-state index is 6.09. The average Bonchev–Trinajstić information content (AvgIpc) is 2.32. The Morgan fingerprint density at radius 3 is 2.53 bits per heavy atom. The second-order valence-corrected chi connectivity index (χ2v) is 4.42. The number of halogens is 1. The smallest absolute Gasteiger partial charge is 0.0662 e. The van der Waals surface area contributed by atoms with Crippen LogP contribution in [0.15, 0.2) is 36.4 Å². The van der Waals surface area contributed by atoms with Gasteiger partial charge in [0.2, 0.25) is 0 Å². The number of pyridine rings is 1. The predicted octanol–water partition coefficient (Wildman–Crippen LogP) is 4.52. The molecular formula is C15H14ClN. The van der Waals surface area contributed by atoms with Crippen LogP contribution in [0.3, 0.4) is 0 Å². The third kappa shape index (κ3) is 2.95. The molecule has 1 heterocycles. The van der Waals surface area contributed by atoms with Gasteiger partial charge in [0.05, 0.1) is 5.69 Å². The number of benzene rings is 1. The van der Waals surface area contributed by atoms with E-state index < -0.39 is 0 Å². The number of aryl methyl sites for hydroxylation is 2. The minimum Gasteiger partial charge on any atom is -0.253 e. The largest absolute Gasteiger partial charge is 0.253 e. The van der Waals surface area contributed by atoms with E-state index in [-0.39, 0.29) is 0 Å². The van der Waals surface area contributed by atoms with Gasteiger partial charge in [0.1, 0.15) is 0 Å². The Labute approximate surface area is 107 Å². The molecule has 0 saturated carbocycles. The van der Waals surface area contributed by atoms with Crippen LogP contribution in [-0.4, -0.2) is 4.98 Å². The second-order valence-electron chi connectivity index (χ2n) is 4.01. The highest BCUT2D eigenvalue weighted by atomic mass is 35.5. The van der Waals surface area contributed by atoms with Crippen molar-refractivity contribution in [3.8, 4) is 0 Å². The molecule has 1 nitrogen and oxygen atoms in total. The number of hydrogen-bond donors (Lipinski definition) is 0. The molecule has 2 rings (SSSR count). The van der Waals surface area contributed by atoms with Crippen LogP contribution in [0.1, 0.15) is 22.5 Å². The molecule has 0 saturated heterocycles. The highest BCUT2D eigenvalue weighted by molar-refractivity contribution is 6.32. The molecule has 0 aliphatic rings. The fourth-order valence-corrected chi connectivity index (χ4v) is 1.79. The van der Waals surface area contributed by atoms with Gasteiger partial charge in [-0.3, -0.25) is 4.98 Å². The Kier molecular flexibility index (Phi) is 3.60. The van der Waals surface area contributed by atoms with Crippen molar-refractivity contribution in [3.63, 3.8) is 0 Å². The summed E-state index contributed by atoms with van der Waals surface area (Å²) in [5, 5.41) is 0.758. The van der Waals surface area contributed by atoms with Gasteiger partial charge < -0.3 is 0 Å². The van der Waals surface area contributed by atoms with Crippen molar-refractivity contribution in [3.05, 3.63) is 63.9 Å². The van der Waals surface area contributed by atoms with Gasteiger partial charge in [-0.1, -0.05) is 41.9 Å². The molecule has 2 heteroatoms. The molecule has 17 heavy (non-hydrogen) atoms. The highest BCUT2D eigenvalue weighted by Crippen LogP contribution is 2.18. The monoisotopic (exact) mass is 243 g/mol. The summed E-state index contributed by atoms with van der Waals surface area (Å²) in [6.45, 7) is 4.05. The minimum absolute atomic E-state index is 0.758. The molecule has 0 unspecified atom stereocenters. The molecule has 2 aromatic rings. The van der Waals surface area contributed by atoms with Crippen LogP contribution in [0, 0.1) is 13.8 Å². The SMILES string of the molecule is Cc1ccc(C)c(C=Cc2ccccc2Cl)n1. The van der Waals surface area contributed by atoms with Gasteiger partial charge in [0.15, 0.2) is 0 Å². The lowest BCUT2D eigenvalue weighted by molar-refractivity contribution is 1.15. The van der Waals surface area contributed by atoms with E-state index in [0.717, 1.165) is 22.0 Å². The van der Waals surface area contributed by atoms with E-state index in [1.54, 1.807) is 0 Å². The molecule has 86 valence electrons. The van der Waals surface area contributed by atoms with E-state index in [1.807, 2.05) is 49.4 Å². The predicted molar refractivity (Wildman–Crippen MR) is 74.1 cm³/mol. The van der Waals surface area contributed by atoms with Gasteiger partial charge in [0.25, 0.3) is 0 Å². The number of rotatable bonds is 2. The Hall–Kier alpha value is -1.60. The van der Waals surface area contributed by atoms with E-state index in [2.05, 4.69) is 18.0 Å². The summed E-state index contributed by atoms with van der Waals surface area (Å²) in [7, 11) is 0. The summed E-state index contributed by atoms with van der Waals surface area (Å²) in [5.74, 6) is 0. The van der Waals surface area contributed by atoms with Crippen molar-refractivity contribution in [1.82, 2.24) is 4.98 Å². The maximum Gasteiger partial charge on any atom is 0.0662 e. The normalized spacial score (nSPS) is 11.0. The fraction of sp³-hybridized carbons (Fsp3) is 0.133. The molecule has 0 atom stereocenters. The van der Waals surface area contributed by atoms with Crippen molar-refractivity contribution in [2.45, 2.75) is 13.8 Å². The van der Waals surface area contributed by atoms with Gasteiger partial charge in [-0.2, -0.15) is 0 Å². The van der Waals surface area contributed by atoms with Crippen LogP contribution in [0.2, 0.25) is 5.02 Å². The van der Waals surface area contributed by atoms with Crippen molar-refractivity contribution >= 4 is 23.8 Å². The number of nitrogens with zero attached hydrogens (tertiary/aromatic N) is 1.